The maximum Gasteiger partial charge on any atom is 0.335 e. The van der Waals surface area contributed by atoms with Crippen molar-refractivity contribution in [2.45, 2.75) is 71.8 Å². The molecule has 1 aromatic rings. The lowest BCUT2D eigenvalue weighted by molar-refractivity contribution is -0.150. The molecule has 0 saturated heterocycles. The molecule has 0 spiro atoms. The van der Waals surface area contributed by atoms with Crippen molar-refractivity contribution in [3.8, 4) is 0 Å². The summed E-state index contributed by atoms with van der Waals surface area (Å²) in [5, 5.41) is 9.72. The summed E-state index contributed by atoms with van der Waals surface area (Å²) in [7, 11) is 1.28. The number of aliphatic hydroxyl groups excluding tert-OH is 1. The number of amides is 1. The fourth-order valence-corrected chi connectivity index (χ4v) is 4.25. The van der Waals surface area contributed by atoms with Crippen LogP contribution < -0.4 is 0 Å². The zero-order valence-electron chi connectivity index (χ0n) is 22.4. The molecular formula is C31H43NO4. The lowest BCUT2D eigenvalue weighted by atomic mass is 10.0. The number of hydrogen-bond acceptors (Lipinski definition) is 4. The largest absolute Gasteiger partial charge is 0.467 e. The minimum atomic E-state index is -1.08. The molecule has 36 heavy (non-hydrogen) atoms. The minimum absolute atomic E-state index is 0.199. The Hall–Kier alpha value is -2.92. The van der Waals surface area contributed by atoms with Gasteiger partial charge in [-0.3, -0.25) is 4.79 Å². The summed E-state index contributed by atoms with van der Waals surface area (Å²) < 4.78 is 4.55. The van der Waals surface area contributed by atoms with E-state index in [9.17, 15) is 14.7 Å². The van der Waals surface area contributed by atoms with Gasteiger partial charge in [-0.05, 0) is 63.9 Å². The van der Waals surface area contributed by atoms with Gasteiger partial charge < -0.3 is 14.7 Å². The average molecular weight is 494 g/mol. The SMILES string of the molecule is COC(=O)C(O)C/C(C)=C\CC[C@H](C)/C=C/C=C(\C)CCCC1=CCN(CCc2ccccc2)C1=O. The topological polar surface area (TPSA) is 66.8 Å². The number of rotatable bonds is 15. The summed E-state index contributed by atoms with van der Waals surface area (Å²) in [5.74, 6) is 0.0470. The van der Waals surface area contributed by atoms with E-state index >= 15 is 0 Å². The highest BCUT2D eigenvalue weighted by Gasteiger charge is 2.22. The number of aliphatic hydroxyl groups is 1. The van der Waals surface area contributed by atoms with Crippen LogP contribution in [0.25, 0.3) is 0 Å². The first-order valence-corrected chi connectivity index (χ1v) is 13.1. The van der Waals surface area contributed by atoms with Gasteiger partial charge in [-0.2, -0.15) is 0 Å². The van der Waals surface area contributed by atoms with Crippen LogP contribution in [0.4, 0.5) is 0 Å². The van der Waals surface area contributed by atoms with Crippen LogP contribution in [0.3, 0.4) is 0 Å². The highest BCUT2D eigenvalue weighted by Crippen LogP contribution is 2.20. The number of nitrogens with zero attached hydrogens (tertiary/aromatic N) is 1. The number of carbonyl (C=O) groups excluding carboxylic acids is 2. The highest BCUT2D eigenvalue weighted by atomic mass is 16.5. The van der Waals surface area contributed by atoms with Crippen LogP contribution in [0.5, 0.6) is 0 Å². The van der Waals surface area contributed by atoms with E-state index in [-0.39, 0.29) is 5.91 Å². The fraction of sp³-hybridized carbons (Fsp3) is 0.484. The van der Waals surface area contributed by atoms with Gasteiger partial charge in [-0.25, -0.2) is 4.79 Å². The van der Waals surface area contributed by atoms with Gasteiger partial charge in [-0.1, -0.05) is 78.8 Å². The molecule has 0 fully saturated rings. The van der Waals surface area contributed by atoms with E-state index in [1.807, 2.05) is 30.0 Å². The average Bonchev–Trinajstić information content (AvgIpc) is 3.21. The zero-order chi connectivity index (χ0) is 26.3. The number of ether oxygens (including phenoxy) is 1. The molecular weight excluding hydrogens is 450 g/mol. The maximum absolute atomic E-state index is 12.7. The van der Waals surface area contributed by atoms with E-state index in [0.29, 0.717) is 12.3 Å². The molecule has 1 unspecified atom stereocenters. The number of benzene rings is 1. The zero-order valence-corrected chi connectivity index (χ0v) is 22.4. The van der Waals surface area contributed by atoms with Gasteiger partial charge in [-0.15, -0.1) is 0 Å². The molecule has 1 heterocycles. The molecule has 0 radical (unpaired) electrons. The molecule has 5 nitrogen and oxygen atoms in total. The smallest absolute Gasteiger partial charge is 0.335 e. The van der Waals surface area contributed by atoms with Crippen LogP contribution in [0.2, 0.25) is 0 Å². The minimum Gasteiger partial charge on any atom is -0.467 e. The first-order valence-electron chi connectivity index (χ1n) is 13.1. The van der Waals surface area contributed by atoms with Gasteiger partial charge in [0.15, 0.2) is 6.10 Å². The molecule has 0 saturated carbocycles. The third kappa shape index (κ3) is 10.8. The van der Waals surface area contributed by atoms with Crippen molar-refractivity contribution in [2.24, 2.45) is 5.92 Å². The molecule has 2 atom stereocenters. The van der Waals surface area contributed by atoms with Crippen molar-refractivity contribution < 1.29 is 19.4 Å². The Labute approximate surface area is 217 Å². The van der Waals surface area contributed by atoms with Crippen molar-refractivity contribution in [3.63, 3.8) is 0 Å². The summed E-state index contributed by atoms with van der Waals surface area (Å²) in [4.78, 5) is 25.9. The van der Waals surface area contributed by atoms with E-state index in [0.717, 1.165) is 62.8 Å². The number of esters is 1. The van der Waals surface area contributed by atoms with E-state index in [2.05, 4.69) is 61.1 Å². The van der Waals surface area contributed by atoms with E-state index < -0.39 is 12.1 Å². The Morgan fingerprint density at radius 3 is 2.64 bits per heavy atom. The molecule has 1 aromatic carbocycles. The summed E-state index contributed by atoms with van der Waals surface area (Å²) in [6, 6.07) is 10.3. The third-order valence-electron chi connectivity index (χ3n) is 6.57. The van der Waals surface area contributed by atoms with Gasteiger partial charge in [0, 0.05) is 25.1 Å². The van der Waals surface area contributed by atoms with Crippen molar-refractivity contribution in [2.75, 3.05) is 20.2 Å². The third-order valence-corrected chi connectivity index (χ3v) is 6.57. The second-order valence-electron chi connectivity index (χ2n) is 9.82. The Bertz CT molecular complexity index is 958. The van der Waals surface area contributed by atoms with Crippen LogP contribution in [0.15, 0.2) is 77.4 Å². The second kappa shape index (κ2) is 15.9. The molecule has 196 valence electrons. The lowest BCUT2D eigenvalue weighted by Crippen LogP contribution is -2.29. The van der Waals surface area contributed by atoms with Crippen LogP contribution in [0, 0.1) is 5.92 Å². The fourth-order valence-electron chi connectivity index (χ4n) is 4.25. The molecule has 2 rings (SSSR count). The second-order valence-corrected chi connectivity index (χ2v) is 9.82. The Kier molecular flexibility index (Phi) is 13.0. The standard InChI is InChI=1S/C31H43NO4/c1-24(13-9-15-26(3)23-29(33)31(35)36-4)11-8-12-25(2)14-10-18-28-20-22-32(30(28)34)21-19-27-16-6-5-7-17-27/h5-8,11-12,15-17,20,24,29,33H,9-10,13-14,18-19,21-23H2,1-4H3/b11-8+,25-12+,26-15-/t24-,29?/m1/s1. The number of carbonyl (C=O) groups is 2. The van der Waals surface area contributed by atoms with E-state index in [1.165, 1.54) is 18.2 Å². The van der Waals surface area contributed by atoms with E-state index in [1.54, 1.807) is 0 Å². The first kappa shape index (κ1) is 29.3. The van der Waals surface area contributed by atoms with Gasteiger partial charge in [0.05, 0.1) is 7.11 Å². The van der Waals surface area contributed by atoms with Crippen LogP contribution in [0.1, 0.15) is 64.9 Å². The van der Waals surface area contributed by atoms with Crippen molar-refractivity contribution in [1.29, 1.82) is 0 Å². The molecule has 0 bridgehead atoms. The predicted octanol–water partition coefficient (Wildman–Crippen LogP) is 5.96. The van der Waals surface area contributed by atoms with Crippen molar-refractivity contribution in [1.82, 2.24) is 4.90 Å². The molecule has 1 aliphatic rings. The van der Waals surface area contributed by atoms with Gasteiger partial charge >= 0.3 is 5.97 Å². The lowest BCUT2D eigenvalue weighted by Gasteiger charge is -2.16. The normalized spacial score (nSPS) is 16.4. The molecule has 1 N–H and O–H groups in total. The van der Waals surface area contributed by atoms with Crippen molar-refractivity contribution in [3.05, 3.63) is 83.0 Å². The molecule has 1 amide bonds. The molecule has 1 aliphatic heterocycles. The number of hydrogen-bond donors (Lipinski definition) is 1. The molecule has 0 aromatic heterocycles. The number of methoxy groups -OCH3 is 1. The summed E-state index contributed by atoms with van der Waals surface area (Å²) in [5.41, 5.74) is 4.54. The van der Waals surface area contributed by atoms with Crippen LogP contribution in [-0.4, -0.2) is 48.2 Å². The Morgan fingerprint density at radius 1 is 1.17 bits per heavy atom. The maximum atomic E-state index is 12.7. The number of allylic oxidation sites excluding steroid dienone is 5. The predicted molar refractivity (Wildman–Crippen MR) is 146 cm³/mol. The Morgan fingerprint density at radius 2 is 1.92 bits per heavy atom. The summed E-state index contributed by atoms with van der Waals surface area (Å²) in [6.45, 7) is 7.77. The monoisotopic (exact) mass is 493 g/mol. The van der Waals surface area contributed by atoms with Crippen LogP contribution in [-0.2, 0) is 20.7 Å². The molecule has 5 heteroatoms. The quantitative estimate of drug-likeness (QED) is 0.186. The molecule has 0 aliphatic carbocycles. The van der Waals surface area contributed by atoms with Gasteiger partial charge in [0.2, 0.25) is 5.91 Å². The Balaban J connectivity index is 1.63. The van der Waals surface area contributed by atoms with E-state index in [4.69, 9.17) is 0 Å². The van der Waals surface area contributed by atoms with Gasteiger partial charge in [0.1, 0.15) is 0 Å². The van der Waals surface area contributed by atoms with Gasteiger partial charge in [0.25, 0.3) is 0 Å². The highest BCUT2D eigenvalue weighted by molar-refractivity contribution is 5.95. The summed E-state index contributed by atoms with van der Waals surface area (Å²) >= 11 is 0. The first-order chi connectivity index (χ1) is 17.3. The summed E-state index contributed by atoms with van der Waals surface area (Å²) in [6.07, 6.45) is 15.5. The van der Waals surface area contributed by atoms with Crippen LogP contribution >= 0.6 is 0 Å². The van der Waals surface area contributed by atoms with Crippen molar-refractivity contribution >= 4 is 11.9 Å².